The number of ketones is 1. The molecule has 2 nitrogen and oxygen atoms in total. The summed E-state index contributed by atoms with van der Waals surface area (Å²) in [5.41, 5.74) is 0.580. The summed E-state index contributed by atoms with van der Waals surface area (Å²) < 4.78 is 13.5. The maximum absolute atomic E-state index is 13.5. The number of rotatable bonds is 3. The van der Waals surface area contributed by atoms with E-state index in [-0.39, 0.29) is 11.3 Å². The maximum Gasteiger partial charge on any atom is 0.185 e. The fraction of sp³-hybridized carbons (Fsp3) is 0.0769. The summed E-state index contributed by atoms with van der Waals surface area (Å²) in [5.74, 6) is -1.97. The molecule has 0 aliphatic rings. The predicted molar refractivity (Wildman–Crippen MR) is 63.4 cm³/mol. The highest BCUT2D eigenvalue weighted by molar-refractivity contribution is 7.08. The van der Waals surface area contributed by atoms with Gasteiger partial charge in [-0.1, -0.05) is 18.2 Å². The summed E-state index contributed by atoms with van der Waals surface area (Å²) in [6.07, 6.45) is 0. The lowest BCUT2D eigenvalue weighted by molar-refractivity contribution is 0.0978. The minimum absolute atomic E-state index is 0.131. The molecule has 0 N–H and O–H groups in total. The first-order valence-electron chi connectivity index (χ1n) is 4.94. The minimum atomic E-state index is -1.08. The van der Waals surface area contributed by atoms with Gasteiger partial charge in [-0.15, -0.1) is 0 Å². The second-order valence-corrected chi connectivity index (χ2v) is 4.24. The number of benzene rings is 1. The van der Waals surface area contributed by atoms with E-state index in [0.29, 0.717) is 5.56 Å². The van der Waals surface area contributed by atoms with E-state index in [1.807, 2.05) is 6.07 Å². The zero-order valence-corrected chi connectivity index (χ0v) is 9.58. The number of hydrogen-bond acceptors (Lipinski definition) is 3. The Bertz CT molecular complexity index is 571. The van der Waals surface area contributed by atoms with Gasteiger partial charge < -0.3 is 0 Å². The summed E-state index contributed by atoms with van der Waals surface area (Å²) in [7, 11) is 0. The molecule has 0 saturated heterocycles. The van der Waals surface area contributed by atoms with Gasteiger partial charge in [0, 0.05) is 16.5 Å². The molecule has 0 amide bonds. The molecule has 0 aliphatic heterocycles. The van der Waals surface area contributed by atoms with Crippen LogP contribution in [0.3, 0.4) is 0 Å². The number of halogens is 1. The van der Waals surface area contributed by atoms with Crippen LogP contribution in [0.25, 0.3) is 0 Å². The first-order valence-corrected chi connectivity index (χ1v) is 5.88. The van der Waals surface area contributed by atoms with Crippen molar-refractivity contribution >= 4 is 17.1 Å². The van der Waals surface area contributed by atoms with Gasteiger partial charge in [0.1, 0.15) is 11.7 Å². The SMILES string of the molecule is N#CC(C(=O)c1ccsc1)c1ccccc1F. The molecule has 0 fully saturated rings. The van der Waals surface area contributed by atoms with Crippen molar-refractivity contribution < 1.29 is 9.18 Å². The van der Waals surface area contributed by atoms with Gasteiger partial charge in [-0.2, -0.15) is 16.6 Å². The van der Waals surface area contributed by atoms with Crippen molar-refractivity contribution in [2.75, 3.05) is 0 Å². The van der Waals surface area contributed by atoms with Crippen LogP contribution in [0.15, 0.2) is 41.1 Å². The van der Waals surface area contributed by atoms with E-state index >= 15 is 0 Å². The number of hydrogen-bond donors (Lipinski definition) is 0. The Morgan fingerprint density at radius 2 is 2.12 bits per heavy atom. The minimum Gasteiger partial charge on any atom is -0.292 e. The third-order valence-corrected chi connectivity index (χ3v) is 3.10. The van der Waals surface area contributed by atoms with Crippen LogP contribution in [-0.4, -0.2) is 5.78 Å². The zero-order valence-electron chi connectivity index (χ0n) is 8.76. The highest BCUT2D eigenvalue weighted by Gasteiger charge is 2.24. The molecule has 1 aromatic heterocycles. The van der Waals surface area contributed by atoms with Gasteiger partial charge >= 0.3 is 0 Å². The van der Waals surface area contributed by atoms with Gasteiger partial charge in [-0.25, -0.2) is 4.39 Å². The smallest absolute Gasteiger partial charge is 0.185 e. The van der Waals surface area contributed by atoms with E-state index in [9.17, 15) is 9.18 Å². The third kappa shape index (κ3) is 2.24. The van der Waals surface area contributed by atoms with E-state index in [1.54, 1.807) is 22.9 Å². The van der Waals surface area contributed by atoms with Crippen LogP contribution in [0.2, 0.25) is 0 Å². The molecule has 1 heterocycles. The quantitative estimate of drug-likeness (QED) is 0.778. The Morgan fingerprint density at radius 3 is 2.71 bits per heavy atom. The molecule has 0 saturated carbocycles. The van der Waals surface area contributed by atoms with E-state index in [0.717, 1.165) is 0 Å². The molecular formula is C13H8FNOS. The Labute approximate surface area is 102 Å². The van der Waals surface area contributed by atoms with Crippen LogP contribution in [0.1, 0.15) is 21.8 Å². The molecule has 1 atom stereocenters. The first kappa shape index (κ1) is 11.5. The second kappa shape index (κ2) is 4.89. The Morgan fingerprint density at radius 1 is 1.35 bits per heavy atom. The molecule has 2 rings (SSSR count). The van der Waals surface area contributed by atoms with Crippen molar-refractivity contribution in [3.8, 4) is 6.07 Å². The molecule has 84 valence electrons. The lowest BCUT2D eigenvalue weighted by Gasteiger charge is -2.08. The van der Waals surface area contributed by atoms with E-state index in [2.05, 4.69) is 0 Å². The van der Waals surface area contributed by atoms with Gasteiger partial charge in [0.2, 0.25) is 0 Å². The number of nitrogens with zero attached hydrogens (tertiary/aromatic N) is 1. The second-order valence-electron chi connectivity index (χ2n) is 3.46. The lowest BCUT2D eigenvalue weighted by atomic mass is 9.93. The molecule has 2 aromatic rings. The van der Waals surface area contributed by atoms with Crippen molar-refractivity contribution in [3.63, 3.8) is 0 Å². The topological polar surface area (TPSA) is 40.9 Å². The monoisotopic (exact) mass is 245 g/mol. The Balaban J connectivity index is 2.39. The van der Waals surface area contributed by atoms with Crippen LogP contribution >= 0.6 is 11.3 Å². The Kier molecular flexibility index (Phi) is 3.31. The average molecular weight is 245 g/mol. The highest BCUT2D eigenvalue weighted by Crippen LogP contribution is 2.23. The van der Waals surface area contributed by atoms with E-state index in [4.69, 9.17) is 5.26 Å². The molecule has 0 spiro atoms. The molecule has 0 bridgehead atoms. The van der Waals surface area contributed by atoms with Crippen LogP contribution in [-0.2, 0) is 0 Å². The standard InChI is InChI=1S/C13H8FNOS/c14-12-4-2-1-3-10(12)11(7-15)13(16)9-5-6-17-8-9/h1-6,8,11H. The summed E-state index contributed by atoms with van der Waals surface area (Å²) in [5, 5.41) is 12.5. The van der Waals surface area contributed by atoms with Gasteiger partial charge in [-0.05, 0) is 17.5 Å². The van der Waals surface area contributed by atoms with E-state index < -0.39 is 11.7 Å². The summed E-state index contributed by atoms with van der Waals surface area (Å²) in [6.45, 7) is 0. The van der Waals surface area contributed by atoms with Gasteiger partial charge in [0.05, 0.1) is 6.07 Å². The third-order valence-electron chi connectivity index (χ3n) is 2.41. The zero-order chi connectivity index (χ0) is 12.3. The molecule has 0 aliphatic carbocycles. The van der Waals surface area contributed by atoms with Gasteiger partial charge in [0.15, 0.2) is 5.78 Å². The number of carbonyl (C=O) groups excluding carboxylic acids is 1. The van der Waals surface area contributed by atoms with Crippen molar-refractivity contribution in [2.45, 2.75) is 5.92 Å². The number of Topliss-reactive ketones (excluding diaryl/α,β-unsaturated/α-hetero) is 1. The number of carbonyl (C=O) groups is 1. The summed E-state index contributed by atoms with van der Waals surface area (Å²) >= 11 is 1.37. The van der Waals surface area contributed by atoms with Crippen molar-refractivity contribution in [1.29, 1.82) is 5.26 Å². The molecular weight excluding hydrogens is 237 g/mol. The highest BCUT2D eigenvalue weighted by atomic mass is 32.1. The molecule has 17 heavy (non-hydrogen) atoms. The van der Waals surface area contributed by atoms with Crippen molar-refractivity contribution in [1.82, 2.24) is 0 Å². The van der Waals surface area contributed by atoms with Gasteiger partial charge in [0.25, 0.3) is 0 Å². The summed E-state index contributed by atoms with van der Waals surface area (Å²) in [4.78, 5) is 12.0. The molecule has 4 heteroatoms. The normalized spacial score (nSPS) is 11.8. The number of nitriles is 1. The Hall–Kier alpha value is -1.99. The van der Waals surface area contributed by atoms with Crippen molar-refractivity contribution in [3.05, 3.63) is 58.0 Å². The van der Waals surface area contributed by atoms with Crippen LogP contribution < -0.4 is 0 Å². The lowest BCUT2D eigenvalue weighted by Crippen LogP contribution is -2.11. The fourth-order valence-corrected chi connectivity index (χ4v) is 2.20. The largest absolute Gasteiger partial charge is 0.292 e. The molecule has 1 unspecified atom stereocenters. The van der Waals surface area contributed by atoms with Crippen LogP contribution in [0.5, 0.6) is 0 Å². The van der Waals surface area contributed by atoms with Crippen LogP contribution in [0, 0.1) is 17.1 Å². The predicted octanol–water partition coefficient (Wildman–Crippen LogP) is 3.38. The van der Waals surface area contributed by atoms with Crippen LogP contribution in [0.4, 0.5) is 4.39 Å². The molecule has 1 aromatic carbocycles. The van der Waals surface area contributed by atoms with Crippen molar-refractivity contribution in [2.24, 2.45) is 0 Å². The maximum atomic E-state index is 13.5. The summed E-state index contributed by atoms with van der Waals surface area (Å²) in [6, 6.07) is 9.36. The van der Waals surface area contributed by atoms with Gasteiger partial charge in [-0.3, -0.25) is 4.79 Å². The molecule has 0 radical (unpaired) electrons. The fourth-order valence-electron chi connectivity index (χ4n) is 1.55. The number of thiophene rings is 1. The van der Waals surface area contributed by atoms with E-state index in [1.165, 1.54) is 29.5 Å². The average Bonchev–Trinajstić information content (AvgIpc) is 2.86. The first-order chi connectivity index (χ1) is 8.24.